The molecule has 2 fully saturated rings. The molecule has 2 rings (SSSR count). The van der Waals surface area contributed by atoms with Gasteiger partial charge in [-0.05, 0) is 39.7 Å². The van der Waals surface area contributed by atoms with Crippen LogP contribution in [-0.2, 0) is 4.74 Å². The molecule has 2 unspecified atom stereocenters. The summed E-state index contributed by atoms with van der Waals surface area (Å²) in [5.74, 6) is 0. The fraction of sp³-hybridized carbons (Fsp3) is 1.00. The minimum Gasteiger partial charge on any atom is -0.375 e. The van der Waals surface area contributed by atoms with E-state index in [0.29, 0.717) is 6.04 Å². The number of ether oxygens (including phenoxy) is 1. The second-order valence-electron chi connectivity index (χ2n) is 6.16. The van der Waals surface area contributed by atoms with Crippen LogP contribution in [0.1, 0.15) is 51.9 Å². The maximum absolute atomic E-state index is 6.13. The number of rotatable bonds is 3. The van der Waals surface area contributed by atoms with Crippen LogP contribution in [0.4, 0.5) is 0 Å². The predicted octanol–water partition coefficient (Wildman–Crippen LogP) is 2.15. The first-order valence-corrected chi connectivity index (χ1v) is 7.21. The summed E-state index contributed by atoms with van der Waals surface area (Å²) < 4.78 is 6.13. The SMILES string of the molecule is CC(N)CN(C)C1CCOC2(CCCCC2)C1. The van der Waals surface area contributed by atoms with E-state index in [1.807, 2.05) is 0 Å². The molecule has 3 heteroatoms. The molecule has 2 N–H and O–H groups in total. The smallest absolute Gasteiger partial charge is 0.0697 e. The zero-order valence-electron chi connectivity index (χ0n) is 11.5. The largest absolute Gasteiger partial charge is 0.375 e. The zero-order valence-corrected chi connectivity index (χ0v) is 11.5. The highest BCUT2D eigenvalue weighted by Crippen LogP contribution is 2.39. The van der Waals surface area contributed by atoms with Crippen LogP contribution >= 0.6 is 0 Å². The lowest BCUT2D eigenvalue weighted by atomic mass is 9.78. The standard InChI is InChI=1S/C14H28N2O/c1-12(15)11-16(2)13-6-9-17-14(10-13)7-4-3-5-8-14/h12-13H,3-11,15H2,1-2H3. The van der Waals surface area contributed by atoms with E-state index in [0.717, 1.165) is 13.2 Å². The van der Waals surface area contributed by atoms with Gasteiger partial charge in [0.1, 0.15) is 0 Å². The van der Waals surface area contributed by atoms with Gasteiger partial charge in [-0.25, -0.2) is 0 Å². The van der Waals surface area contributed by atoms with Crippen LogP contribution in [0.2, 0.25) is 0 Å². The molecule has 2 aliphatic rings. The Morgan fingerprint density at radius 3 is 2.71 bits per heavy atom. The Morgan fingerprint density at radius 2 is 2.06 bits per heavy atom. The molecule has 1 saturated carbocycles. The molecule has 0 aromatic rings. The Balaban J connectivity index is 1.91. The average Bonchev–Trinajstić information content (AvgIpc) is 2.29. The van der Waals surface area contributed by atoms with Crippen LogP contribution in [0, 0.1) is 0 Å². The molecule has 0 radical (unpaired) electrons. The van der Waals surface area contributed by atoms with Gasteiger partial charge in [-0.2, -0.15) is 0 Å². The van der Waals surface area contributed by atoms with Crippen LogP contribution in [0.5, 0.6) is 0 Å². The first kappa shape index (κ1) is 13.3. The number of hydrogen-bond donors (Lipinski definition) is 1. The first-order valence-electron chi connectivity index (χ1n) is 7.21. The van der Waals surface area contributed by atoms with E-state index in [4.69, 9.17) is 10.5 Å². The maximum atomic E-state index is 6.13. The van der Waals surface area contributed by atoms with Gasteiger partial charge in [0.05, 0.1) is 5.60 Å². The van der Waals surface area contributed by atoms with Gasteiger partial charge in [-0.1, -0.05) is 19.3 Å². The fourth-order valence-corrected chi connectivity index (χ4v) is 3.53. The Hall–Kier alpha value is -0.120. The summed E-state index contributed by atoms with van der Waals surface area (Å²) in [5.41, 5.74) is 6.11. The second kappa shape index (κ2) is 5.68. The van der Waals surface area contributed by atoms with Crippen molar-refractivity contribution in [1.29, 1.82) is 0 Å². The molecule has 0 bridgehead atoms. The summed E-state index contributed by atoms with van der Waals surface area (Å²) in [6, 6.07) is 0.943. The van der Waals surface area contributed by atoms with Gasteiger partial charge in [-0.3, -0.25) is 0 Å². The molecule has 100 valence electrons. The van der Waals surface area contributed by atoms with E-state index in [-0.39, 0.29) is 11.6 Å². The lowest BCUT2D eigenvalue weighted by Gasteiger charge is -2.46. The molecule has 1 aliphatic heterocycles. The highest BCUT2D eigenvalue weighted by molar-refractivity contribution is 4.92. The van der Waals surface area contributed by atoms with Crippen molar-refractivity contribution in [3.8, 4) is 0 Å². The van der Waals surface area contributed by atoms with Gasteiger partial charge in [-0.15, -0.1) is 0 Å². The van der Waals surface area contributed by atoms with E-state index >= 15 is 0 Å². The van der Waals surface area contributed by atoms with Gasteiger partial charge in [0.15, 0.2) is 0 Å². The van der Waals surface area contributed by atoms with Crippen molar-refractivity contribution >= 4 is 0 Å². The van der Waals surface area contributed by atoms with Crippen molar-refractivity contribution in [1.82, 2.24) is 4.90 Å². The molecule has 1 spiro atoms. The molecule has 0 aromatic carbocycles. The lowest BCUT2D eigenvalue weighted by Crippen LogP contribution is -2.50. The van der Waals surface area contributed by atoms with Gasteiger partial charge in [0, 0.05) is 25.2 Å². The summed E-state index contributed by atoms with van der Waals surface area (Å²) in [6.45, 7) is 4.03. The predicted molar refractivity (Wildman–Crippen MR) is 71.1 cm³/mol. The Morgan fingerprint density at radius 1 is 1.35 bits per heavy atom. The maximum Gasteiger partial charge on any atom is 0.0697 e. The van der Waals surface area contributed by atoms with E-state index < -0.39 is 0 Å². The Kier molecular flexibility index (Phi) is 4.45. The highest BCUT2D eigenvalue weighted by Gasteiger charge is 2.39. The minimum atomic E-state index is 0.216. The van der Waals surface area contributed by atoms with Gasteiger partial charge in [0.2, 0.25) is 0 Å². The summed E-state index contributed by atoms with van der Waals surface area (Å²) in [7, 11) is 2.22. The van der Waals surface area contributed by atoms with Crippen molar-refractivity contribution in [3.63, 3.8) is 0 Å². The van der Waals surface area contributed by atoms with Gasteiger partial charge < -0.3 is 15.4 Å². The van der Waals surface area contributed by atoms with E-state index in [2.05, 4.69) is 18.9 Å². The van der Waals surface area contributed by atoms with Crippen molar-refractivity contribution in [3.05, 3.63) is 0 Å². The Labute approximate surface area is 106 Å². The third-order valence-corrected chi connectivity index (χ3v) is 4.43. The van der Waals surface area contributed by atoms with E-state index in [1.165, 1.54) is 44.9 Å². The van der Waals surface area contributed by atoms with Crippen molar-refractivity contribution < 1.29 is 4.74 Å². The molecule has 3 nitrogen and oxygen atoms in total. The number of hydrogen-bond acceptors (Lipinski definition) is 3. The summed E-state index contributed by atoms with van der Waals surface area (Å²) in [5, 5.41) is 0. The zero-order chi connectivity index (χ0) is 12.3. The quantitative estimate of drug-likeness (QED) is 0.821. The molecular weight excluding hydrogens is 212 g/mol. The second-order valence-corrected chi connectivity index (χ2v) is 6.16. The third kappa shape index (κ3) is 3.43. The molecule has 17 heavy (non-hydrogen) atoms. The van der Waals surface area contributed by atoms with Crippen molar-refractivity contribution in [2.75, 3.05) is 20.2 Å². The summed E-state index contributed by atoms with van der Waals surface area (Å²) in [6.07, 6.45) is 9.03. The molecule has 0 aromatic heterocycles. The normalized spacial score (nSPS) is 30.7. The van der Waals surface area contributed by atoms with Crippen LogP contribution in [0.3, 0.4) is 0 Å². The molecule has 1 saturated heterocycles. The van der Waals surface area contributed by atoms with E-state index in [9.17, 15) is 0 Å². The van der Waals surface area contributed by atoms with Crippen molar-refractivity contribution in [2.24, 2.45) is 5.73 Å². The Bertz CT molecular complexity index is 231. The number of nitrogens with two attached hydrogens (primary N) is 1. The molecule has 0 amide bonds. The summed E-state index contributed by atoms with van der Waals surface area (Å²) >= 11 is 0. The van der Waals surface area contributed by atoms with E-state index in [1.54, 1.807) is 0 Å². The molecule has 1 aliphatic carbocycles. The van der Waals surface area contributed by atoms with Gasteiger partial charge in [0.25, 0.3) is 0 Å². The summed E-state index contributed by atoms with van der Waals surface area (Å²) in [4.78, 5) is 2.45. The number of nitrogens with zero attached hydrogens (tertiary/aromatic N) is 1. The molecule has 1 heterocycles. The van der Waals surface area contributed by atoms with Crippen LogP contribution in [0.15, 0.2) is 0 Å². The van der Waals surface area contributed by atoms with Crippen LogP contribution in [0.25, 0.3) is 0 Å². The average molecular weight is 240 g/mol. The number of likely N-dealkylation sites (N-methyl/N-ethyl adjacent to an activating group) is 1. The van der Waals surface area contributed by atoms with Crippen LogP contribution in [-0.4, -0.2) is 42.8 Å². The third-order valence-electron chi connectivity index (χ3n) is 4.43. The lowest BCUT2D eigenvalue weighted by molar-refractivity contribution is -0.122. The molecule has 2 atom stereocenters. The topological polar surface area (TPSA) is 38.5 Å². The first-order chi connectivity index (χ1) is 8.11. The fourth-order valence-electron chi connectivity index (χ4n) is 3.53. The highest BCUT2D eigenvalue weighted by atomic mass is 16.5. The minimum absolute atomic E-state index is 0.216. The molecular formula is C14H28N2O. The van der Waals surface area contributed by atoms with Gasteiger partial charge >= 0.3 is 0 Å². The van der Waals surface area contributed by atoms with Crippen LogP contribution < -0.4 is 5.73 Å². The van der Waals surface area contributed by atoms with Crippen molar-refractivity contribution in [2.45, 2.75) is 69.6 Å². The monoisotopic (exact) mass is 240 g/mol.